The van der Waals surface area contributed by atoms with Crippen molar-refractivity contribution in [1.82, 2.24) is 4.90 Å². The number of nitrogens with zero attached hydrogens (tertiary/aromatic N) is 1. The average Bonchev–Trinajstić information content (AvgIpc) is 2.33. The lowest BCUT2D eigenvalue weighted by Gasteiger charge is -2.34. The molecule has 0 radical (unpaired) electrons. The molecule has 1 aromatic carbocycles. The Morgan fingerprint density at radius 3 is 2.94 bits per heavy atom. The second-order valence-electron chi connectivity index (χ2n) is 4.51. The van der Waals surface area contributed by atoms with E-state index in [0.717, 1.165) is 24.0 Å². The molecule has 2 rings (SSSR count). The van der Waals surface area contributed by atoms with E-state index in [2.05, 4.69) is 20.8 Å². The molecule has 0 spiro atoms. The second kappa shape index (κ2) is 6.17. The summed E-state index contributed by atoms with van der Waals surface area (Å²) >= 11 is 9.62. The minimum atomic E-state index is -0.269. The van der Waals surface area contributed by atoms with E-state index in [1.54, 1.807) is 6.07 Å². The van der Waals surface area contributed by atoms with E-state index >= 15 is 0 Å². The highest BCUT2D eigenvalue weighted by Gasteiger charge is 2.21. The third-order valence-corrected chi connectivity index (χ3v) is 4.41. The summed E-state index contributed by atoms with van der Waals surface area (Å²) in [6.07, 6.45) is 3.76. The van der Waals surface area contributed by atoms with Crippen LogP contribution in [0.1, 0.15) is 24.8 Å². The maximum atomic E-state index is 13.0. The molecule has 1 saturated heterocycles. The van der Waals surface area contributed by atoms with Gasteiger partial charge < -0.3 is 0 Å². The smallest absolute Gasteiger partial charge is 0.124 e. The third-order valence-electron chi connectivity index (χ3n) is 3.32. The van der Waals surface area contributed by atoms with Crippen molar-refractivity contribution in [3.63, 3.8) is 0 Å². The monoisotopic (exact) mass is 319 g/mol. The highest BCUT2D eigenvalue weighted by Crippen LogP contribution is 2.24. The molecule has 1 nitrogen and oxygen atoms in total. The summed E-state index contributed by atoms with van der Waals surface area (Å²) in [5.74, 6) is -0.269. The van der Waals surface area contributed by atoms with Crippen LogP contribution >= 0.6 is 27.5 Å². The van der Waals surface area contributed by atoms with Gasteiger partial charge in [-0.05, 0) is 37.1 Å². The van der Waals surface area contributed by atoms with Gasteiger partial charge in [-0.15, -0.1) is 0 Å². The molecule has 0 aromatic heterocycles. The van der Waals surface area contributed by atoms with Gasteiger partial charge in [-0.25, -0.2) is 4.39 Å². The number of hydrogen-bond acceptors (Lipinski definition) is 1. The van der Waals surface area contributed by atoms with Gasteiger partial charge >= 0.3 is 0 Å². The van der Waals surface area contributed by atoms with E-state index in [1.165, 1.54) is 31.4 Å². The molecular formula is C13H16BrClFN. The normalized spacial score (nSPS) is 21.7. The number of benzene rings is 1. The number of rotatable bonds is 3. The number of likely N-dealkylation sites (tertiary alicyclic amines) is 1. The fourth-order valence-electron chi connectivity index (χ4n) is 2.31. The number of piperidine rings is 1. The Bertz CT molecular complexity index is 386. The zero-order valence-corrected chi connectivity index (χ0v) is 12.0. The molecule has 1 atom stereocenters. The molecular weight excluding hydrogens is 305 g/mol. The first-order chi connectivity index (χ1) is 8.20. The van der Waals surface area contributed by atoms with Gasteiger partial charge in [0.25, 0.3) is 0 Å². The fourth-order valence-corrected chi connectivity index (χ4v) is 3.27. The van der Waals surface area contributed by atoms with E-state index in [0.29, 0.717) is 11.1 Å². The van der Waals surface area contributed by atoms with Crippen LogP contribution in [0.5, 0.6) is 0 Å². The molecule has 1 heterocycles. The molecule has 1 aliphatic rings. The lowest BCUT2D eigenvalue weighted by Crippen LogP contribution is -2.39. The minimum Gasteiger partial charge on any atom is -0.295 e. The molecule has 1 aromatic rings. The molecule has 4 heteroatoms. The maximum Gasteiger partial charge on any atom is 0.124 e. The summed E-state index contributed by atoms with van der Waals surface area (Å²) in [7, 11) is 0. The maximum absolute atomic E-state index is 13.0. The highest BCUT2D eigenvalue weighted by atomic mass is 79.9. The van der Waals surface area contributed by atoms with Crippen molar-refractivity contribution in [2.24, 2.45) is 0 Å². The summed E-state index contributed by atoms with van der Waals surface area (Å²) in [4.78, 5) is 2.43. The quantitative estimate of drug-likeness (QED) is 0.753. The van der Waals surface area contributed by atoms with Crippen LogP contribution in [0.15, 0.2) is 18.2 Å². The van der Waals surface area contributed by atoms with E-state index in [9.17, 15) is 4.39 Å². The Kier molecular flexibility index (Phi) is 4.83. The first-order valence-corrected chi connectivity index (χ1v) is 7.44. The van der Waals surface area contributed by atoms with Crippen LogP contribution in [-0.2, 0) is 6.54 Å². The van der Waals surface area contributed by atoms with E-state index in [-0.39, 0.29) is 5.82 Å². The van der Waals surface area contributed by atoms with Crippen molar-refractivity contribution in [3.05, 3.63) is 34.6 Å². The highest BCUT2D eigenvalue weighted by molar-refractivity contribution is 9.09. The Morgan fingerprint density at radius 2 is 2.24 bits per heavy atom. The van der Waals surface area contributed by atoms with Crippen LogP contribution in [0.25, 0.3) is 0 Å². The molecule has 94 valence electrons. The Balaban J connectivity index is 2.08. The van der Waals surface area contributed by atoms with Crippen LogP contribution in [0.4, 0.5) is 4.39 Å². The lowest BCUT2D eigenvalue weighted by atomic mass is 10.0. The molecule has 17 heavy (non-hydrogen) atoms. The number of halogens is 3. The predicted molar refractivity (Wildman–Crippen MR) is 73.3 cm³/mol. The van der Waals surface area contributed by atoms with Gasteiger partial charge in [0.1, 0.15) is 5.82 Å². The SMILES string of the molecule is Fc1ccc(CN2CCCCC2CBr)c(Cl)c1. The average molecular weight is 321 g/mol. The van der Waals surface area contributed by atoms with E-state index in [4.69, 9.17) is 11.6 Å². The van der Waals surface area contributed by atoms with E-state index in [1.807, 2.05) is 0 Å². The molecule has 0 aliphatic carbocycles. The van der Waals surface area contributed by atoms with Crippen LogP contribution in [0.3, 0.4) is 0 Å². The number of alkyl halides is 1. The fraction of sp³-hybridized carbons (Fsp3) is 0.538. The summed E-state index contributed by atoms with van der Waals surface area (Å²) in [5.41, 5.74) is 1.01. The van der Waals surface area contributed by atoms with Crippen LogP contribution in [0.2, 0.25) is 5.02 Å². The van der Waals surface area contributed by atoms with Crippen molar-refractivity contribution in [1.29, 1.82) is 0 Å². The van der Waals surface area contributed by atoms with Gasteiger partial charge in [0.2, 0.25) is 0 Å². The lowest BCUT2D eigenvalue weighted by molar-refractivity contribution is 0.156. The molecule has 1 unspecified atom stereocenters. The van der Waals surface area contributed by atoms with Crippen molar-refractivity contribution in [2.75, 3.05) is 11.9 Å². The molecule has 0 bridgehead atoms. The third kappa shape index (κ3) is 3.43. The summed E-state index contributed by atoms with van der Waals surface area (Å²) in [6.45, 7) is 1.92. The van der Waals surface area contributed by atoms with Gasteiger partial charge in [0.15, 0.2) is 0 Å². The molecule has 1 aliphatic heterocycles. The first kappa shape index (κ1) is 13.3. The van der Waals surface area contributed by atoms with Crippen molar-refractivity contribution in [3.8, 4) is 0 Å². The first-order valence-electron chi connectivity index (χ1n) is 5.94. The Morgan fingerprint density at radius 1 is 1.41 bits per heavy atom. The predicted octanol–water partition coefficient (Wildman–Crippen LogP) is 4.23. The van der Waals surface area contributed by atoms with Crippen molar-refractivity contribution < 1.29 is 4.39 Å². The zero-order chi connectivity index (χ0) is 12.3. The standard InChI is InChI=1S/C13H16BrClFN/c14-8-12-3-1-2-6-17(12)9-10-4-5-11(16)7-13(10)15/h4-5,7,12H,1-3,6,8-9H2. The van der Waals surface area contributed by atoms with Gasteiger partial charge in [-0.2, -0.15) is 0 Å². The number of hydrogen-bond donors (Lipinski definition) is 0. The van der Waals surface area contributed by atoms with Gasteiger partial charge in [0.05, 0.1) is 0 Å². The largest absolute Gasteiger partial charge is 0.295 e. The van der Waals surface area contributed by atoms with Gasteiger partial charge in [-0.3, -0.25) is 4.90 Å². The summed E-state index contributed by atoms with van der Waals surface area (Å²) < 4.78 is 13.0. The van der Waals surface area contributed by atoms with Gasteiger partial charge in [-0.1, -0.05) is 40.0 Å². The zero-order valence-electron chi connectivity index (χ0n) is 9.63. The molecule has 1 fully saturated rings. The van der Waals surface area contributed by atoms with Crippen LogP contribution in [-0.4, -0.2) is 22.8 Å². The molecule has 0 amide bonds. The van der Waals surface area contributed by atoms with Crippen LogP contribution in [0, 0.1) is 5.82 Å². The Hall–Kier alpha value is -0.120. The topological polar surface area (TPSA) is 3.24 Å². The minimum absolute atomic E-state index is 0.269. The molecule has 0 saturated carbocycles. The van der Waals surface area contributed by atoms with E-state index < -0.39 is 0 Å². The summed E-state index contributed by atoms with van der Waals surface area (Å²) in [6, 6.07) is 5.24. The Labute approximate surface area is 115 Å². The van der Waals surface area contributed by atoms with Crippen molar-refractivity contribution >= 4 is 27.5 Å². The molecule has 0 N–H and O–H groups in total. The second-order valence-corrected chi connectivity index (χ2v) is 5.56. The summed E-state index contributed by atoms with van der Waals surface area (Å²) in [5, 5.41) is 1.52. The van der Waals surface area contributed by atoms with Crippen LogP contribution < -0.4 is 0 Å². The van der Waals surface area contributed by atoms with Crippen molar-refractivity contribution in [2.45, 2.75) is 31.8 Å². The van der Waals surface area contributed by atoms with Gasteiger partial charge in [0, 0.05) is 22.9 Å².